The first kappa shape index (κ1) is 12.8. The number of pyridine rings is 1. The van der Waals surface area contributed by atoms with Gasteiger partial charge in [-0.2, -0.15) is 0 Å². The smallest absolute Gasteiger partial charge is 0.0547 e. The fraction of sp³-hybridized carbons (Fsp3) is 0.583. The van der Waals surface area contributed by atoms with E-state index in [0.717, 1.165) is 24.3 Å². The van der Waals surface area contributed by atoms with E-state index in [2.05, 4.69) is 29.5 Å². The molecule has 1 rings (SSSR count). The summed E-state index contributed by atoms with van der Waals surface area (Å²) in [6.45, 7) is 5.31. The zero-order chi connectivity index (χ0) is 12.0. The van der Waals surface area contributed by atoms with E-state index in [9.17, 15) is 0 Å². The Labute approximate surface area is 97.1 Å². The van der Waals surface area contributed by atoms with Gasteiger partial charge in [-0.25, -0.2) is 0 Å². The maximum absolute atomic E-state index is 8.93. The molecule has 16 heavy (non-hydrogen) atoms. The summed E-state index contributed by atoms with van der Waals surface area (Å²) in [5.74, 6) is 0. The summed E-state index contributed by atoms with van der Waals surface area (Å²) in [6.07, 6.45) is 4.37. The molecule has 1 aromatic rings. The monoisotopic (exact) mass is 223 g/mol. The molecule has 4 nitrogen and oxygen atoms in total. The predicted molar refractivity (Wildman–Crippen MR) is 67.8 cm³/mol. The van der Waals surface area contributed by atoms with E-state index in [1.807, 2.05) is 13.1 Å². The number of aliphatic hydroxyl groups excluding tert-OH is 1. The molecule has 0 aliphatic heterocycles. The molecule has 1 aromatic heterocycles. The van der Waals surface area contributed by atoms with Crippen molar-refractivity contribution in [2.24, 2.45) is 5.41 Å². The Hall–Kier alpha value is -1.29. The normalized spacial score (nSPS) is 11.2. The van der Waals surface area contributed by atoms with E-state index in [-0.39, 0.29) is 12.0 Å². The minimum absolute atomic E-state index is 0.0877. The van der Waals surface area contributed by atoms with Crippen molar-refractivity contribution in [3.63, 3.8) is 0 Å². The average molecular weight is 223 g/mol. The van der Waals surface area contributed by atoms with Crippen LogP contribution in [-0.4, -0.2) is 30.3 Å². The van der Waals surface area contributed by atoms with E-state index < -0.39 is 0 Å². The van der Waals surface area contributed by atoms with Crippen molar-refractivity contribution in [1.29, 1.82) is 0 Å². The molecule has 0 saturated carbocycles. The number of aromatic nitrogens is 1. The zero-order valence-electron chi connectivity index (χ0n) is 10.2. The van der Waals surface area contributed by atoms with Crippen LogP contribution in [0.1, 0.15) is 20.3 Å². The number of aliphatic hydroxyl groups is 1. The summed E-state index contributed by atoms with van der Waals surface area (Å²) in [5.41, 5.74) is 2.08. The molecule has 90 valence electrons. The third-order valence-corrected chi connectivity index (χ3v) is 2.59. The summed E-state index contributed by atoms with van der Waals surface area (Å²) in [4.78, 5) is 4.13. The maximum atomic E-state index is 8.93. The van der Waals surface area contributed by atoms with E-state index in [4.69, 9.17) is 5.11 Å². The Balaban J connectivity index is 2.53. The number of nitrogens with one attached hydrogen (secondary N) is 2. The first-order valence-electron chi connectivity index (χ1n) is 5.55. The lowest BCUT2D eigenvalue weighted by atomic mass is 9.90. The largest absolute Gasteiger partial charge is 0.396 e. The van der Waals surface area contributed by atoms with E-state index in [1.165, 1.54) is 0 Å². The van der Waals surface area contributed by atoms with Crippen LogP contribution in [0, 0.1) is 5.41 Å². The fourth-order valence-electron chi connectivity index (χ4n) is 1.41. The lowest BCUT2D eigenvalue weighted by Crippen LogP contribution is -2.24. The van der Waals surface area contributed by atoms with Gasteiger partial charge in [-0.05, 0) is 17.9 Å². The molecule has 0 radical (unpaired) electrons. The zero-order valence-corrected chi connectivity index (χ0v) is 10.2. The minimum Gasteiger partial charge on any atom is -0.396 e. The maximum Gasteiger partial charge on any atom is 0.0547 e. The van der Waals surface area contributed by atoms with Gasteiger partial charge in [0.15, 0.2) is 0 Å². The van der Waals surface area contributed by atoms with Crippen molar-refractivity contribution in [3.05, 3.63) is 18.5 Å². The van der Waals surface area contributed by atoms with Crippen LogP contribution < -0.4 is 10.6 Å². The Bertz CT molecular complexity index is 326. The molecule has 0 unspecified atom stereocenters. The summed E-state index contributed by atoms with van der Waals surface area (Å²) in [6, 6.07) is 2.02. The molecule has 0 fully saturated rings. The third kappa shape index (κ3) is 4.06. The second kappa shape index (κ2) is 5.70. The van der Waals surface area contributed by atoms with Gasteiger partial charge in [0, 0.05) is 20.2 Å². The molecular formula is C12H21N3O. The highest BCUT2D eigenvalue weighted by Gasteiger charge is 2.16. The van der Waals surface area contributed by atoms with Crippen molar-refractivity contribution in [2.75, 3.05) is 30.8 Å². The molecule has 0 aliphatic carbocycles. The van der Waals surface area contributed by atoms with Crippen LogP contribution >= 0.6 is 0 Å². The first-order valence-corrected chi connectivity index (χ1v) is 5.55. The standard InChI is InChI=1S/C12H21N3O/c1-12(2,4-5-16)9-15-11-6-10(13-3)7-14-8-11/h6-8,13,15-16H,4-5,9H2,1-3H3. The summed E-state index contributed by atoms with van der Waals surface area (Å²) < 4.78 is 0. The van der Waals surface area contributed by atoms with Crippen LogP contribution in [0.2, 0.25) is 0 Å². The lowest BCUT2D eigenvalue weighted by Gasteiger charge is -2.24. The first-order chi connectivity index (χ1) is 7.57. The van der Waals surface area contributed by atoms with Crippen LogP contribution in [0.25, 0.3) is 0 Å². The summed E-state index contributed by atoms with van der Waals surface area (Å²) >= 11 is 0. The van der Waals surface area contributed by atoms with Crippen LogP contribution in [0.3, 0.4) is 0 Å². The third-order valence-electron chi connectivity index (χ3n) is 2.59. The number of hydrogen-bond donors (Lipinski definition) is 3. The molecule has 0 aromatic carbocycles. The Morgan fingerprint density at radius 3 is 2.62 bits per heavy atom. The van der Waals surface area contributed by atoms with Gasteiger partial charge in [-0.1, -0.05) is 13.8 Å². The molecule has 1 heterocycles. The topological polar surface area (TPSA) is 57.2 Å². The van der Waals surface area contributed by atoms with Crippen molar-refractivity contribution >= 4 is 11.4 Å². The van der Waals surface area contributed by atoms with E-state index in [1.54, 1.807) is 12.4 Å². The second-order valence-electron chi connectivity index (χ2n) is 4.70. The van der Waals surface area contributed by atoms with Crippen LogP contribution in [0.5, 0.6) is 0 Å². The number of anilines is 2. The molecular weight excluding hydrogens is 202 g/mol. The van der Waals surface area contributed by atoms with Gasteiger partial charge >= 0.3 is 0 Å². The molecule has 0 aliphatic rings. The van der Waals surface area contributed by atoms with Gasteiger partial charge in [0.05, 0.1) is 23.8 Å². The van der Waals surface area contributed by atoms with Crippen LogP contribution in [-0.2, 0) is 0 Å². The summed E-state index contributed by atoms with van der Waals surface area (Å²) in [7, 11) is 1.87. The summed E-state index contributed by atoms with van der Waals surface area (Å²) in [5, 5.41) is 15.3. The number of hydrogen-bond acceptors (Lipinski definition) is 4. The molecule has 0 spiro atoms. The van der Waals surface area contributed by atoms with Gasteiger partial charge in [-0.15, -0.1) is 0 Å². The van der Waals surface area contributed by atoms with Crippen molar-refractivity contribution in [2.45, 2.75) is 20.3 Å². The van der Waals surface area contributed by atoms with Crippen molar-refractivity contribution < 1.29 is 5.11 Å². The van der Waals surface area contributed by atoms with Gasteiger partial charge in [0.2, 0.25) is 0 Å². The van der Waals surface area contributed by atoms with Gasteiger partial charge in [0.1, 0.15) is 0 Å². The van der Waals surface area contributed by atoms with Gasteiger partial charge < -0.3 is 15.7 Å². The minimum atomic E-state index is 0.0877. The molecule has 0 atom stereocenters. The van der Waals surface area contributed by atoms with Gasteiger partial charge in [0.25, 0.3) is 0 Å². The van der Waals surface area contributed by atoms with E-state index >= 15 is 0 Å². The lowest BCUT2D eigenvalue weighted by molar-refractivity contribution is 0.220. The average Bonchev–Trinajstić information content (AvgIpc) is 2.27. The molecule has 4 heteroatoms. The van der Waals surface area contributed by atoms with Crippen LogP contribution in [0.15, 0.2) is 18.5 Å². The predicted octanol–water partition coefficient (Wildman–Crippen LogP) is 1.94. The highest BCUT2D eigenvalue weighted by atomic mass is 16.3. The highest BCUT2D eigenvalue weighted by molar-refractivity contribution is 5.53. The van der Waals surface area contributed by atoms with Gasteiger partial charge in [-0.3, -0.25) is 4.98 Å². The Morgan fingerprint density at radius 2 is 2.00 bits per heavy atom. The quantitative estimate of drug-likeness (QED) is 0.690. The number of nitrogens with zero attached hydrogens (tertiary/aromatic N) is 1. The number of rotatable bonds is 6. The van der Waals surface area contributed by atoms with E-state index in [0.29, 0.717) is 0 Å². The molecule has 3 N–H and O–H groups in total. The van der Waals surface area contributed by atoms with Crippen molar-refractivity contribution in [3.8, 4) is 0 Å². The molecule has 0 bridgehead atoms. The highest BCUT2D eigenvalue weighted by Crippen LogP contribution is 2.21. The Kier molecular flexibility index (Phi) is 4.55. The van der Waals surface area contributed by atoms with Crippen LogP contribution in [0.4, 0.5) is 11.4 Å². The van der Waals surface area contributed by atoms with Crippen molar-refractivity contribution in [1.82, 2.24) is 4.98 Å². The molecule has 0 saturated heterocycles. The molecule has 0 amide bonds. The SMILES string of the molecule is CNc1cncc(NCC(C)(C)CCO)c1. The fourth-order valence-corrected chi connectivity index (χ4v) is 1.41. The Morgan fingerprint density at radius 1 is 1.31 bits per heavy atom. The second-order valence-corrected chi connectivity index (χ2v) is 4.70.